The first-order valence-corrected chi connectivity index (χ1v) is 11.6. The van der Waals surface area contributed by atoms with Crippen LogP contribution < -0.4 is 5.43 Å². The molecule has 2 N–H and O–H groups in total. The van der Waals surface area contributed by atoms with Gasteiger partial charge in [0.2, 0.25) is 5.28 Å². The summed E-state index contributed by atoms with van der Waals surface area (Å²) in [5.41, 5.74) is 5.12. The quantitative estimate of drug-likeness (QED) is 0.456. The number of aromatic nitrogens is 4. The molecule has 29 heavy (non-hydrogen) atoms. The molecule has 3 heterocycles. The zero-order valence-corrected chi connectivity index (χ0v) is 17.9. The van der Waals surface area contributed by atoms with Crippen molar-refractivity contribution < 1.29 is 5.11 Å². The summed E-state index contributed by atoms with van der Waals surface area (Å²) < 4.78 is 2.18. The van der Waals surface area contributed by atoms with Crippen molar-refractivity contribution in [2.45, 2.75) is 76.7 Å². The van der Waals surface area contributed by atoms with Gasteiger partial charge in [0.05, 0.1) is 6.33 Å². The molecule has 2 fully saturated rings. The van der Waals surface area contributed by atoms with Crippen LogP contribution in [-0.4, -0.2) is 49.3 Å². The van der Waals surface area contributed by atoms with Crippen molar-refractivity contribution in [1.29, 1.82) is 0 Å². The number of halogens is 1. The van der Waals surface area contributed by atoms with Gasteiger partial charge in [-0.2, -0.15) is 9.97 Å². The van der Waals surface area contributed by atoms with Gasteiger partial charge in [-0.05, 0) is 49.6 Å². The summed E-state index contributed by atoms with van der Waals surface area (Å²) in [6, 6.07) is 0.479. The molecule has 0 amide bonds. The Hall–Kier alpha value is -1.44. The van der Waals surface area contributed by atoms with Crippen LogP contribution in [-0.2, 0) is 0 Å². The molecule has 160 valence electrons. The number of imidazole rings is 1. The lowest BCUT2D eigenvalue weighted by Crippen LogP contribution is -2.38. The molecule has 0 aromatic carbocycles. The molecular formula is C21H33ClN6O. The summed E-state index contributed by atoms with van der Waals surface area (Å²) in [6.45, 7) is 2.34. The third-order valence-corrected chi connectivity index (χ3v) is 6.68. The number of hydrazine groups is 1. The van der Waals surface area contributed by atoms with Crippen LogP contribution in [0.3, 0.4) is 0 Å². The largest absolute Gasteiger partial charge is 0.396 e. The lowest BCUT2D eigenvalue weighted by atomic mass is 9.92. The van der Waals surface area contributed by atoms with Gasteiger partial charge in [0.25, 0.3) is 0 Å². The maximum Gasteiger partial charge on any atom is 0.226 e. The van der Waals surface area contributed by atoms with Crippen molar-refractivity contribution in [2.24, 2.45) is 5.92 Å². The van der Waals surface area contributed by atoms with Crippen LogP contribution in [0.1, 0.15) is 76.7 Å². The van der Waals surface area contributed by atoms with Crippen LogP contribution in [0.4, 0.5) is 5.82 Å². The van der Waals surface area contributed by atoms with E-state index in [1.807, 2.05) is 6.33 Å². The molecule has 0 radical (unpaired) electrons. The number of unbranched alkanes of at least 4 members (excludes halogenated alkanes) is 3. The molecule has 8 heteroatoms. The maximum atomic E-state index is 8.87. The smallest absolute Gasteiger partial charge is 0.226 e. The number of fused-ring (bicyclic) bond motifs is 1. The number of hydrogen-bond acceptors (Lipinski definition) is 6. The molecule has 1 saturated carbocycles. The van der Waals surface area contributed by atoms with E-state index in [1.165, 1.54) is 57.8 Å². The highest BCUT2D eigenvalue weighted by Gasteiger charge is 2.24. The second-order valence-corrected chi connectivity index (χ2v) is 8.91. The molecule has 0 spiro atoms. The SMILES string of the molecule is OCCCCCCC1CCN(Nc2nc(Cl)nc3c2ncn3C2CCCC2)CC1. The first-order chi connectivity index (χ1) is 14.2. The molecule has 0 atom stereocenters. The second-order valence-electron chi connectivity index (χ2n) is 8.57. The molecule has 2 aromatic heterocycles. The van der Waals surface area contributed by atoms with Crippen LogP contribution in [0.2, 0.25) is 5.28 Å². The van der Waals surface area contributed by atoms with E-state index in [-0.39, 0.29) is 5.28 Å². The molecule has 1 aliphatic carbocycles. The summed E-state index contributed by atoms with van der Waals surface area (Å²) in [7, 11) is 0. The molecule has 4 rings (SSSR count). The maximum absolute atomic E-state index is 8.87. The van der Waals surface area contributed by atoms with E-state index in [4.69, 9.17) is 16.7 Å². The van der Waals surface area contributed by atoms with E-state index >= 15 is 0 Å². The van der Waals surface area contributed by atoms with Gasteiger partial charge in [0, 0.05) is 25.7 Å². The third kappa shape index (κ3) is 5.19. The average molecular weight is 421 g/mol. The molecule has 0 unspecified atom stereocenters. The van der Waals surface area contributed by atoms with Crippen molar-refractivity contribution in [3.8, 4) is 0 Å². The highest BCUT2D eigenvalue weighted by atomic mass is 35.5. The van der Waals surface area contributed by atoms with Crippen LogP contribution >= 0.6 is 11.6 Å². The van der Waals surface area contributed by atoms with E-state index in [0.717, 1.165) is 48.8 Å². The van der Waals surface area contributed by atoms with Crippen LogP contribution in [0.25, 0.3) is 11.2 Å². The molecule has 7 nitrogen and oxygen atoms in total. The molecule has 2 aromatic rings. The lowest BCUT2D eigenvalue weighted by molar-refractivity contribution is 0.206. The van der Waals surface area contributed by atoms with Gasteiger partial charge in [0.15, 0.2) is 17.0 Å². The highest BCUT2D eigenvalue weighted by Crippen LogP contribution is 2.33. The van der Waals surface area contributed by atoms with Crippen LogP contribution in [0.15, 0.2) is 6.33 Å². The van der Waals surface area contributed by atoms with E-state index in [1.54, 1.807) is 0 Å². The van der Waals surface area contributed by atoms with Crippen LogP contribution in [0.5, 0.6) is 0 Å². The predicted molar refractivity (Wildman–Crippen MR) is 116 cm³/mol. The normalized spacial score (nSPS) is 19.4. The first kappa shape index (κ1) is 20.8. The number of aliphatic hydroxyl groups is 1. The Balaban J connectivity index is 1.34. The van der Waals surface area contributed by atoms with Gasteiger partial charge in [-0.25, -0.2) is 9.99 Å². The molecule has 2 aliphatic rings. The monoisotopic (exact) mass is 420 g/mol. The summed E-state index contributed by atoms with van der Waals surface area (Å²) in [6.07, 6.45) is 15.1. The fraction of sp³-hybridized carbons (Fsp3) is 0.762. The summed E-state index contributed by atoms with van der Waals surface area (Å²) >= 11 is 6.26. The van der Waals surface area contributed by atoms with Crippen molar-refractivity contribution in [3.63, 3.8) is 0 Å². The Morgan fingerprint density at radius 2 is 1.79 bits per heavy atom. The summed E-state index contributed by atoms with van der Waals surface area (Å²) in [5, 5.41) is 11.4. The van der Waals surface area contributed by atoms with E-state index in [2.05, 4.69) is 30.0 Å². The standard InChI is InChI=1S/C21H33ClN6O/c22-21-24-19(18-20(25-21)28(15-23-18)17-8-4-5-9-17)26-27-12-10-16(11-13-27)7-3-1-2-6-14-29/h15-17,29H,1-14H2,(H,24,25,26). The Labute approximate surface area is 177 Å². The lowest BCUT2D eigenvalue weighted by Gasteiger charge is -2.32. The predicted octanol–water partition coefficient (Wildman–Crippen LogP) is 4.58. The second kappa shape index (κ2) is 10.0. The number of nitrogens with one attached hydrogen (secondary N) is 1. The zero-order chi connectivity index (χ0) is 20.1. The third-order valence-electron chi connectivity index (χ3n) is 6.51. The number of nitrogens with zero attached hydrogens (tertiary/aromatic N) is 5. The fourth-order valence-corrected chi connectivity index (χ4v) is 4.96. The molecule has 1 saturated heterocycles. The van der Waals surface area contributed by atoms with Gasteiger partial charge < -0.3 is 15.1 Å². The van der Waals surface area contributed by atoms with Crippen molar-refractivity contribution in [1.82, 2.24) is 24.5 Å². The summed E-state index contributed by atoms with van der Waals surface area (Å²) in [5.74, 6) is 1.52. The number of rotatable bonds is 9. The molecule has 1 aliphatic heterocycles. The minimum atomic E-state index is 0.275. The highest BCUT2D eigenvalue weighted by molar-refractivity contribution is 6.28. The van der Waals surface area contributed by atoms with Gasteiger partial charge in [-0.3, -0.25) is 0 Å². The Kier molecular flexibility index (Phi) is 7.21. The summed E-state index contributed by atoms with van der Waals surface area (Å²) in [4.78, 5) is 13.5. The molecule has 0 bridgehead atoms. The Morgan fingerprint density at radius 1 is 1.03 bits per heavy atom. The fourth-order valence-electron chi connectivity index (χ4n) is 4.80. The van der Waals surface area contributed by atoms with Crippen molar-refractivity contribution in [2.75, 3.05) is 25.1 Å². The Bertz CT molecular complexity index is 783. The first-order valence-electron chi connectivity index (χ1n) is 11.3. The Morgan fingerprint density at radius 3 is 2.55 bits per heavy atom. The van der Waals surface area contributed by atoms with Gasteiger partial charge in [-0.1, -0.05) is 38.5 Å². The molecular weight excluding hydrogens is 388 g/mol. The van der Waals surface area contributed by atoms with Gasteiger partial charge >= 0.3 is 0 Å². The minimum Gasteiger partial charge on any atom is -0.396 e. The number of piperidine rings is 1. The number of hydrogen-bond donors (Lipinski definition) is 2. The van der Waals surface area contributed by atoms with Crippen LogP contribution in [0, 0.1) is 5.92 Å². The van der Waals surface area contributed by atoms with Gasteiger partial charge in [0.1, 0.15) is 0 Å². The number of anilines is 1. The van der Waals surface area contributed by atoms with E-state index in [9.17, 15) is 0 Å². The van der Waals surface area contributed by atoms with E-state index in [0.29, 0.717) is 12.6 Å². The zero-order valence-electron chi connectivity index (χ0n) is 17.2. The minimum absolute atomic E-state index is 0.275. The van der Waals surface area contributed by atoms with E-state index < -0.39 is 0 Å². The van der Waals surface area contributed by atoms with Crippen molar-refractivity contribution >= 4 is 28.6 Å². The van der Waals surface area contributed by atoms with Crippen molar-refractivity contribution in [3.05, 3.63) is 11.6 Å². The van der Waals surface area contributed by atoms with Gasteiger partial charge in [-0.15, -0.1) is 0 Å². The average Bonchev–Trinajstić information content (AvgIpc) is 3.38. The number of aliphatic hydroxyl groups excluding tert-OH is 1. The topological polar surface area (TPSA) is 79.1 Å².